The molecule has 3 amide bonds. The summed E-state index contributed by atoms with van der Waals surface area (Å²) in [6.45, 7) is 5.15. The number of amides is 3. The lowest BCUT2D eigenvalue weighted by molar-refractivity contribution is -0.174. The average molecular weight is 335 g/mol. The van der Waals surface area contributed by atoms with E-state index in [1.807, 2.05) is 20.2 Å². The number of nitrogens with zero attached hydrogens (tertiary/aromatic N) is 5. The van der Waals surface area contributed by atoms with E-state index >= 15 is 0 Å². The molecule has 9 nitrogen and oxygen atoms in total. The van der Waals surface area contributed by atoms with Gasteiger partial charge in [0.05, 0.1) is 5.69 Å². The van der Waals surface area contributed by atoms with Crippen LogP contribution in [-0.4, -0.2) is 68.7 Å². The minimum Gasteiger partial charge on any atom is -0.311 e. The van der Waals surface area contributed by atoms with E-state index in [2.05, 4.69) is 10.00 Å². The molecule has 0 bridgehead atoms. The maximum atomic E-state index is 12.1. The molecule has 0 spiro atoms. The normalized spacial score (nSPS) is 19.2. The molecule has 2 saturated heterocycles. The Kier molecular flexibility index (Phi) is 4.52. The summed E-state index contributed by atoms with van der Waals surface area (Å²) in [6, 6.07) is 0. The number of aromatic nitrogens is 2. The van der Waals surface area contributed by atoms with Crippen molar-refractivity contribution in [2.75, 3.05) is 26.2 Å². The van der Waals surface area contributed by atoms with E-state index in [-0.39, 0.29) is 12.8 Å². The topological polar surface area (TPSA) is 88.0 Å². The highest BCUT2D eigenvalue weighted by Crippen LogP contribution is 2.15. The van der Waals surface area contributed by atoms with Crippen LogP contribution in [0.15, 0.2) is 6.20 Å². The first kappa shape index (κ1) is 16.4. The van der Waals surface area contributed by atoms with Crippen LogP contribution < -0.4 is 0 Å². The quantitative estimate of drug-likeness (QED) is 0.725. The van der Waals surface area contributed by atoms with Crippen molar-refractivity contribution in [2.24, 2.45) is 7.05 Å². The Morgan fingerprint density at radius 2 is 1.79 bits per heavy atom. The maximum Gasteiger partial charge on any atom is 0.434 e. The van der Waals surface area contributed by atoms with Crippen LogP contribution >= 0.6 is 0 Å². The third-order valence-corrected chi connectivity index (χ3v) is 4.31. The van der Waals surface area contributed by atoms with Crippen LogP contribution in [0, 0.1) is 6.92 Å². The van der Waals surface area contributed by atoms with Crippen LogP contribution in [0.25, 0.3) is 0 Å². The summed E-state index contributed by atoms with van der Waals surface area (Å²) in [5.41, 5.74) is 2.17. The van der Waals surface area contributed by atoms with Gasteiger partial charge in [-0.15, -0.1) is 5.06 Å². The summed E-state index contributed by atoms with van der Waals surface area (Å²) in [4.78, 5) is 43.8. The van der Waals surface area contributed by atoms with Gasteiger partial charge in [-0.05, 0) is 6.92 Å². The SMILES string of the molecule is Cc1nn(C)cc1CN1CCN(C(=O)ON2C(=O)CCC2=O)CC1. The van der Waals surface area contributed by atoms with Gasteiger partial charge < -0.3 is 9.74 Å². The van der Waals surface area contributed by atoms with E-state index in [1.165, 1.54) is 10.5 Å². The lowest BCUT2D eigenvalue weighted by Crippen LogP contribution is -2.50. The molecule has 9 heteroatoms. The first-order chi connectivity index (χ1) is 11.4. The van der Waals surface area contributed by atoms with Crippen molar-refractivity contribution in [1.29, 1.82) is 0 Å². The minimum atomic E-state index is -0.643. The zero-order valence-electron chi connectivity index (χ0n) is 13.9. The zero-order chi connectivity index (χ0) is 17.3. The smallest absolute Gasteiger partial charge is 0.311 e. The van der Waals surface area contributed by atoms with Crippen LogP contribution in [0.5, 0.6) is 0 Å². The first-order valence-electron chi connectivity index (χ1n) is 7.98. The molecule has 2 fully saturated rings. The van der Waals surface area contributed by atoms with Crippen molar-refractivity contribution in [3.05, 3.63) is 17.5 Å². The Labute approximate surface area is 139 Å². The molecule has 1 aromatic heterocycles. The molecule has 1 aromatic rings. The number of hydrogen-bond acceptors (Lipinski definition) is 6. The van der Waals surface area contributed by atoms with Gasteiger partial charge in [0.25, 0.3) is 11.8 Å². The van der Waals surface area contributed by atoms with Crippen LogP contribution in [0.2, 0.25) is 0 Å². The summed E-state index contributed by atoms with van der Waals surface area (Å²) < 4.78 is 1.79. The molecular weight excluding hydrogens is 314 g/mol. The Balaban J connectivity index is 1.49. The Morgan fingerprint density at radius 1 is 1.17 bits per heavy atom. The summed E-state index contributed by atoms with van der Waals surface area (Å²) in [7, 11) is 1.89. The number of hydroxylamine groups is 2. The van der Waals surface area contributed by atoms with Gasteiger partial charge in [-0.2, -0.15) is 5.10 Å². The number of rotatable bonds is 3. The van der Waals surface area contributed by atoms with Gasteiger partial charge in [-0.3, -0.25) is 19.2 Å². The summed E-state index contributed by atoms with van der Waals surface area (Å²) >= 11 is 0. The molecule has 0 atom stereocenters. The number of carbonyl (C=O) groups excluding carboxylic acids is 3. The molecule has 0 saturated carbocycles. The Bertz CT molecular complexity index is 647. The van der Waals surface area contributed by atoms with E-state index in [4.69, 9.17) is 4.84 Å². The van der Waals surface area contributed by atoms with E-state index in [1.54, 1.807) is 4.68 Å². The van der Waals surface area contributed by atoms with Crippen molar-refractivity contribution in [3.63, 3.8) is 0 Å². The zero-order valence-corrected chi connectivity index (χ0v) is 13.9. The van der Waals surface area contributed by atoms with E-state index in [0.717, 1.165) is 12.2 Å². The molecule has 0 unspecified atom stereocenters. The Morgan fingerprint density at radius 3 is 2.33 bits per heavy atom. The molecule has 2 aliphatic rings. The van der Waals surface area contributed by atoms with E-state index < -0.39 is 17.9 Å². The fraction of sp³-hybridized carbons (Fsp3) is 0.600. The van der Waals surface area contributed by atoms with E-state index in [0.29, 0.717) is 31.2 Å². The summed E-state index contributed by atoms with van der Waals surface area (Å²) in [5, 5.41) is 4.92. The predicted octanol–water partition coefficient (Wildman–Crippen LogP) is 0.0467. The largest absolute Gasteiger partial charge is 0.434 e. The Hall–Kier alpha value is -2.42. The highest BCUT2D eigenvalue weighted by atomic mass is 16.7. The van der Waals surface area contributed by atoms with Crippen molar-refractivity contribution in [1.82, 2.24) is 24.6 Å². The van der Waals surface area contributed by atoms with Gasteiger partial charge in [-0.1, -0.05) is 0 Å². The second-order valence-corrected chi connectivity index (χ2v) is 6.12. The number of hydrogen-bond donors (Lipinski definition) is 0. The fourth-order valence-electron chi connectivity index (χ4n) is 2.93. The number of imide groups is 1. The standard InChI is InChI=1S/C15H21N5O4/c1-11-12(9-17(2)16-11)10-18-5-7-19(8-6-18)15(23)24-20-13(21)3-4-14(20)22/h9H,3-8,10H2,1-2H3. The maximum absolute atomic E-state index is 12.1. The monoisotopic (exact) mass is 335 g/mol. The average Bonchev–Trinajstić information content (AvgIpc) is 3.03. The third-order valence-electron chi connectivity index (χ3n) is 4.31. The van der Waals surface area contributed by atoms with Crippen molar-refractivity contribution in [3.8, 4) is 0 Å². The third kappa shape index (κ3) is 3.40. The molecular formula is C15H21N5O4. The fourth-order valence-corrected chi connectivity index (χ4v) is 2.93. The molecule has 0 aromatic carbocycles. The summed E-state index contributed by atoms with van der Waals surface area (Å²) in [5.74, 6) is -0.918. The van der Waals surface area contributed by atoms with Gasteiger partial charge >= 0.3 is 6.09 Å². The molecule has 0 N–H and O–H groups in total. The molecule has 130 valence electrons. The first-order valence-corrected chi connectivity index (χ1v) is 7.98. The van der Waals surface area contributed by atoms with Crippen molar-refractivity contribution >= 4 is 17.9 Å². The lowest BCUT2D eigenvalue weighted by atomic mass is 10.2. The predicted molar refractivity (Wildman–Crippen MR) is 82.4 cm³/mol. The number of aryl methyl sites for hydroxylation is 2. The number of carbonyl (C=O) groups is 3. The van der Waals surface area contributed by atoms with Crippen LogP contribution in [0.1, 0.15) is 24.1 Å². The van der Waals surface area contributed by atoms with Gasteiger partial charge in [0.1, 0.15) is 0 Å². The molecule has 0 aliphatic carbocycles. The van der Waals surface area contributed by atoms with Gasteiger partial charge in [0, 0.05) is 64.4 Å². The highest BCUT2D eigenvalue weighted by molar-refractivity contribution is 6.01. The van der Waals surface area contributed by atoms with Crippen molar-refractivity contribution in [2.45, 2.75) is 26.3 Å². The molecule has 3 heterocycles. The van der Waals surface area contributed by atoms with Gasteiger partial charge in [0.2, 0.25) is 0 Å². The molecule has 0 radical (unpaired) electrons. The molecule has 2 aliphatic heterocycles. The van der Waals surface area contributed by atoms with Crippen LogP contribution in [0.3, 0.4) is 0 Å². The summed E-state index contributed by atoms with van der Waals surface area (Å²) in [6.07, 6.45) is 1.56. The number of piperazine rings is 1. The van der Waals surface area contributed by atoms with Crippen molar-refractivity contribution < 1.29 is 19.2 Å². The van der Waals surface area contributed by atoms with Gasteiger partial charge in [0.15, 0.2) is 0 Å². The minimum absolute atomic E-state index is 0.102. The highest BCUT2D eigenvalue weighted by Gasteiger charge is 2.34. The van der Waals surface area contributed by atoms with Crippen LogP contribution in [-0.2, 0) is 28.0 Å². The molecule has 24 heavy (non-hydrogen) atoms. The molecule has 3 rings (SSSR count). The van der Waals surface area contributed by atoms with Gasteiger partial charge in [-0.25, -0.2) is 4.79 Å². The van der Waals surface area contributed by atoms with E-state index in [9.17, 15) is 14.4 Å². The lowest BCUT2D eigenvalue weighted by Gasteiger charge is -2.34. The second-order valence-electron chi connectivity index (χ2n) is 6.12. The second kappa shape index (κ2) is 6.60. The van der Waals surface area contributed by atoms with Crippen LogP contribution in [0.4, 0.5) is 4.79 Å².